The van der Waals surface area contributed by atoms with Gasteiger partial charge in [-0.05, 0) is 52.7 Å². The predicted molar refractivity (Wildman–Crippen MR) is 130 cm³/mol. The summed E-state index contributed by atoms with van der Waals surface area (Å²) in [6.45, 7) is 0.330. The Balaban J connectivity index is 1.53. The molecule has 0 bridgehead atoms. The molecule has 0 aromatic heterocycles. The summed E-state index contributed by atoms with van der Waals surface area (Å²) in [6.07, 6.45) is 1.47. The van der Waals surface area contributed by atoms with Crippen LogP contribution in [0.25, 0.3) is 16.8 Å². The first-order valence-electron chi connectivity index (χ1n) is 10.5. The summed E-state index contributed by atoms with van der Waals surface area (Å²) in [6, 6.07) is 28.9. The third-order valence-electron chi connectivity index (χ3n) is 5.24. The maximum atomic E-state index is 12.6. The maximum absolute atomic E-state index is 12.6. The van der Waals surface area contributed by atoms with Gasteiger partial charge in [0.2, 0.25) is 0 Å². The van der Waals surface area contributed by atoms with Crippen LogP contribution in [0.2, 0.25) is 0 Å². The van der Waals surface area contributed by atoms with E-state index in [4.69, 9.17) is 9.84 Å². The number of benzene rings is 4. The fraction of sp³-hybridized carbons (Fsp3) is 0.0357. The number of anilines is 1. The van der Waals surface area contributed by atoms with Crippen molar-refractivity contribution in [3.8, 4) is 11.8 Å². The predicted octanol–water partition coefficient (Wildman–Crippen LogP) is 5.66. The van der Waals surface area contributed by atoms with Gasteiger partial charge in [-0.3, -0.25) is 4.79 Å². The Morgan fingerprint density at radius 2 is 1.62 bits per heavy atom. The molecule has 0 aliphatic carbocycles. The lowest BCUT2D eigenvalue weighted by molar-refractivity contribution is -0.112. The van der Waals surface area contributed by atoms with Crippen molar-refractivity contribution in [3.63, 3.8) is 0 Å². The van der Waals surface area contributed by atoms with Crippen molar-refractivity contribution < 1.29 is 19.4 Å². The zero-order chi connectivity index (χ0) is 23.9. The Morgan fingerprint density at radius 1 is 0.912 bits per heavy atom. The van der Waals surface area contributed by atoms with Crippen molar-refractivity contribution in [2.75, 3.05) is 5.32 Å². The zero-order valence-electron chi connectivity index (χ0n) is 18.1. The molecule has 0 saturated carbocycles. The van der Waals surface area contributed by atoms with E-state index in [2.05, 4.69) is 5.32 Å². The summed E-state index contributed by atoms with van der Waals surface area (Å²) in [5.74, 6) is -1.12. The average molecular weight is 448 g/mol. The molecule has 4 aromatic rings. The molecule has 0 unspecified atom stereocenters. The van der Waals surface area contributed by atoms with Crippen LogP contribution < -0.4 is 10.1 Å². The van der Waals surface area contributed by atoms with Crippen LogP contribution in [0.5, 0.6) is 5.75 Å². The summed E-state index contributed by atoms with van der Waals surface area (Å²) in [5.41, 5.74) is 2.00. The molecule has 2 N–H and O–H groups in total. The summed E-state index contributed by atoms with van der Waals surface area (Å²) in [7, 11) is 0. The highest BCUT2D eigenvalue weighted by Crippen LogP contribution is 2.25. The topological polar surface area (TPSA) is 99.4 Å². The fourth-order valence-corrected chi connectivity index (χ4v) is 3.50. The number of nitriles is 1. The average Bonchev–Trinajstić information content (AvgIpc) is 2.86. The molecule has 0 radical (unpaired) electrons. The normalized spacial score (nSPS) is 11.0. The second-order valence-electron chi connectivity index (χ2n) is 7.47. The molecule has 166 valence electrons. The largest absolute Gasteiger partial charge is 0.488 e. The van der Waals surface area contributed by atoms with Crippen molar-refractivity contribution in [1.82, 2.24) is 0 Å². The van der Waals surface area contributed by atoms with Gasteiger partial charge in [0.15, 0.2) is 0 Å². The van der Waals surface area contributed by atoms with Gasteiger partial charge < -0.3 is 15.2 Å². The highest BCUT2D eigenvalue weighted by Gasteiger charge is 2.12. The number of nitrogens with zero attached hydrogens (tertiary/aromatic N) is 1. The molecule has 0 atom stereocenters. The summed E-state index contributed by atoms with van der Waals surface area (Å²) >= 11 is 0. The molecule has 0 spiro atoms. The summed E-state index contributed by atoms with van der Waals surface area (Å²) < 4.78 is 6.07. The molecular formula is C28H20N2O4. The highest BCUT2D eigenvalue weighted by atomic mass is 16.5. The van der Waals surface area contributed by atoms with E-state index < -0.39 is 11.9 Å². The van der Waals surface area contributed by atoms with E-state index in [1.54, 1.807) is 18.2 Å². The molecule has 4 aromatic carbocycles. The van der Waals surface area contributed by atoms with Crippen molar-refractivity contribution in [2.45, 2.75) is 6.61 Å². The molecule has 6 nitrogen and oxygen atoms in total. The van der Waals surface area contributed by atoms with E-state index >= 15 is 0 Å². The van der Waals surface area contributed by atoms with Gasteiger partial charge in [0, 0.05) is 11.3 Å². The lowest BCUT2D eigenvalue weighted by atomic mass is 10.1. The number of carboxylic acids is 1. The Kier molecular flexibility index (Phi) is 6.66. The van der Waals surface area contributed by atoms with Crippen LogP contribution in [0, 0.1) is 11.3 Å². The van der Waals surface area contributed by atoms with Gasteiger partial charge >= 0.3 is 5.97 Å². The number of carbonyl (C=O) groups is 2. The van der Waals surface area contributed by atoms with Crippen LogP contribution in [-0.4, -0.2) is 17.0 Å². The minimum Gasteiger partial charge on any atom is -0.488 e. The second-order valence-corrected chi connectivity index (χ2v) is 7.47. The van der Waals surface area contributed by atoms with Gasteiger partial charge in [-0.2, -0.15) is 5.26 Å². The van der Waals surface area contributed by atoms with Crippen LogP contribution in [0.4, 0.5) is 5.69 Å². The Labute approximate surface area is 196 Å². The molecular weight excluding hydrogens is 428 g/mol. The van der Waals surface area contributed by atoms with E-state index in [9.17, 15) is 14.9 Å². The van der Waals surface area contributed by atoms with Crippen LogP contribution >= 0.6 is 0 Å². The molecule has 6 heteroatoms. The number of rotatable bonds is 7. The van der Waals surface area contributed by atoms with Crippen molar-refractivity contribution in [1.29, 1.82) is 5.26 Å². The third kappa shape index (κ3) is 5.12. The minimum absolute atomic E-state index is 0.103. The van der Waals surface area contributed by atoms with E-state index in [1.165, 1.54) is 30.3 Å². The first-order valence-corrected chi connectivity index (χ1v) is 10.5. The Hall–Kier alpha value is -4.89. The van der Waals surface area contributed by atoms with E-state index in [0.717, 1.165) is 16.3 Å². The summed E-state index contributed by atoms with van der Waals surface area (Å²) in [5, 5.41) is 23.4. The molecule has 0 aliphatic rings. The monoisotopic (exact) mass is 448 g/mol. The lowest BCUT2D eigenvalue weighted by Crippen LogP contribution is -2.13. The standard InChI is InChI=1S/C28H20N2O4/c29-17-23(27(31)30-24-14-12-20(13-15-24)28(32)33)16-21-7-2-4-11-26(21)34-18-22-9-5-8-19-6-1-3-10-25(19)22/h1-16H,18H2,(H,30,31)(H,32,33)/b23-16+. The second kappa shape index (κ2) is 10.2. The molecule has 0 heterocycles. The van der Waals surface area contributed by atoms with Crippen LogP contribution in [0.1, 0.15) is 21.5 Å². The van der Waals surface area contributed by atoms with Gasteiger partial charge in [-0.15, -0.1) is 0 Å². The van der Waals surface area contributed by atoms with Crippen molar-refractivity contribution in [3.05, 3.63) is 113 Å². The highest BCUT2D eigenvalue weighted by molar-refractivity contribution is 6.10. The number of para-hydroxylation sites is 1. The number of nitrogens with one attached hydrogen (secondary N) is 1. The van der Waals surface area contributed by atoms with Gasteiger partial charge in [0.05, 0.1) is 5.56 Å². The lowest BCUT2D eigenvalue weighted by Gasteiger charge is -2.12. The number of carbonyl (C=O) groups excluding carboxylic acids is 1. The van der Waals surface area contributed by atoms with Crippen LogP contribution in [-0.2, 0) is 11.4 Å². The molecule has 0 saturated heterocycles. The first-order chi connectivity index (χ1) is 16.5. The van der Waals surface area contributed by atoms with E-state index in [1.807, 2.05) is 54.6 Å². The first kappa shape index (κ1) is 22.3. The number of carboxylic acid groups (broad SMARTS) is 1. The molecule has 34 heavy (non-hydrogen) atoms. The third-order valence-corrected chi connectivity index (χ3v) is 5.24. The summed E-state index contributed by atoms with van der Waals surface area (Å²) in [4.78, 5) is 23.6. The van der Waals surface area contributed by atoms with Gasteiger partial charge in [0.1, 0.15) is 24.0 Å². The van der Waals surface area contributed by atoms with Crippen molar-refractivity contribution >= 4 is 34.4 Å². The fourth-order valence-electron chi connectivity index (χ4n) is 3.50. The van der Waals surface area contributed by atoms with E-state index in [-0.39, 0.29) is 11.1 Å². The van der Waals surface area contributed by atoms with E-state index in [0.29, 0.717) is 23.6 Å². The number of hydrogen-bond acceptors (Lipinski definition) is 4. The zero-order valence-corrected chi connectivity index (χ0v) is 18.1. The molecule has 0 aliphatic heterocycles. The Bertz CT molecular complexity index is 1430. The number of ether oxygens (including phenoxy) is 1. The van der Waals surface area contributed by atoms with Gasteiger partial charge in [-0.25, -0.2) is 4.79 Å². The van der Waals surface area contributed by atoms with Crippen molar-refractivity contribution in [2.24, 2.45) is 0 Å². The molecule has 1 amide bonds. The molecule has 0 fully saturated rings. The maximum Gasteiger partial charge on any atom is 0.335 e. The quantitative estimate of drug-likeness (QED) is 0.281. The number of hydrogen-bond donors (Lipinski definition) is 2. The smallest absolute Gasteiger partial charge is 0.335 e. The SMILES string of the molecule is N#C/C(=C\c1ccccc1OCc1cccc2ccccc12)C(=O)Nc1ccc(C(=O)O)cc1. The number of fused-ring (bicyclic) bond motifs is 1. The van der Waals surface area contributed by atoms with Gasteiger partial charge in [0.25, 0.3) is 5.91 Å². The Morgan fingerprint density at radius 3 is 2.38 bits per heavy atom. The number of amides is 1. The minimum atomic E-state index is -1.06. The molecule has 4 rings (SSSR count). The van der Waals surface area contributed by atoms with Crippen LogP contribution in [0.3, 0.4) is 0 Å². The van der Waals surface area contributed by atoms with Gasteiger partial charge in [-0.1, -0.05) is 60.7 Å². The van der Waals surface area contributed by atoms with Crippen LogP contribution in [0.15, 0.2) is 96.6 Å². The number of aromatic carboxylic acids is 1.